The summed E-state index contributed by atoms with van der Waals surface area (Å²) in [6, 6.07) is 12.9. The summed E-state index contributed by atoms with van der Waals surface area (Å²) in [5.74, 6) is 0.124. The van der Waals surface area contributed by atoms with Crippen molar-refractivity contribution < 1.29 is 14.6 Å². The SMILES string of the molecule is COC(=O)C(=C(O)CSc1nnc(-c2ccc(Cl)cc2Cl)n1C1CCCCC1)c1nc2ccccc2[nH]1. The molecule has 0 bridgehead atoms. The average Bonchev–Trinajstić information content (AvgIpc) is 3.52. The molecule has 0 spiro atoms. The lowest BCUT2D eigenvalue weighted by Crippen LogP contribution is -2.15. The lowest BCUT2D eigenvalue weighted by atomic mass is 9.95. The second-order valence-corrected chi connectivity index (χ2v) is 10.6. The first-order valence-corrected chi connectivity index (χ1v) is 13.7. The van der Waals surface area contributed by atoms with E-state index in [0.717, 1.165) is 36.8 Å². The number of fused-ring (bicyclic) bond motifs is 1. The van der Waals surface area contributed by atoms with Gasteiger partial charge in [0.1, 0.15) is 17.2 Å². The van der Waals surface area contributed by atoms with Gasteiger partial charge in [0.2, 0.25) is 0 Å². The Balaban J connectivity index is 1.50. The Hall–Kier alpha value is -3.01. The first-order chi connectivity index (χ1) is 18.0. The topological polar surface area (TPSA) is 106 Å². The second-order valence-electron chi connectivity index (χ2n) is 8.80. The average molecular weight is 558 g/mol. The molecule has 1 aliphatic rings. The van der Waals surface area contributed by atoms with Crippen LogP contribution in [0.2, 0.25) is 10.0 Å². The Morgan fingerprint density at radius 2 is 1.95 bits per heavy atom. The van der Waals surface area contributed by atoms with E-state index in [9.17, 15) is 9.90 Å². The normalized spacial score (nSPS) is 15.1. The van der Waals surface area contributed by atoms with Gasteiger partial charge in [-0.3, -0.25) is 4.57 Å². The molecule has 0 amide bonds. The summed E-state index contributed by atoms with van der Waals surface area (Å²) >= 11 is 13.9. The number of nitrogens with one attached hydrogen (secondary N) is 1. The number of hydrogen-bond acceptors (Lipinski definition) is 7. The van der Waals surface area contributed by atoms with Crippen molar-refractivity contribution in [2.75, 3.05) is 12.9 Å². The Morgan fingerprint density at radius 1 is 1.16 bits per heavy atom. The monoisotopic (exact) mass is 557 g/mol. The van der Waals surface area contributed by atoms with Crippen molar-refractivity contribution in [3.05, 3.63) is 64.1 Å². The van der Waals surface area contributed by atoms with Crippen LogP contribution in [0.5, 0.6) is 0 Å². The van der Waals surface area contributed by atoms with E-state index in [1.54, 1.807) is 12.1 Å². The molecule has 2 N–H and O–H groups in total. The molecular formula is C26H25Cl2N5O3S. The number of H-pyrrole nitrogens is 1. The van der Waals surface area contributed by atoms with Gasteiger partial charge in [0.25, 0.3) is 0 Å². The first-order valence-electron chi connectivity index (χ1n) is 11.9. The number of ether oxygens (including phenoxy) is 1. The zero-order chi connectivity index (χ0) is 25.9. The molecule has 37 heavy (non-hydrogen) atoms. The third-order valence-corrected chi connectivity index (χ3v) is 7.92. The van der Waals surface area contributed by atoms with Crippen LogP contribution in [-0.4, -0.2) is 48.7 Å². The Labute approximate surface area is 228 Å². The molecule has 192 valence electrons. The number of imidazole rings is 1. The van der Waals surface area contributed by atoms with Gasteiger partial charge in [-0.25, -0.2) is 9.78 Å². The summed E-state index contributed by atoms with van der Waals surface area (Å²) < 4.78 is 7.06. The predicted molar refractivity (Wildman–Crippen MR) is 146 cm³/mol. The highest BCUT2D eigenvalue weighted by molar-refractivity contribution is 7.99. The summed E-state index contributed by atoms with van der Waals surface area (Å²) in [6.45, 7) is 0. The van der Waals surface area contributed by atoms with Crippen molar-refractivity contribution >= 4 is 57.5 Å². The van der Waals surface area contributed by atoms with E-state index in [1.165, 1.54) is 25.3 Å². The molecule has 0 radical (unpaired) electrons. The van der Waals surface area contributed by atoms with Crippen molar-refractivity contribution in [3.63, 3.8) is 0 Å². The number of carbonyl (C=O) groups excluding carboxylic acids is 1. The van der Waals surface area contributed by atoms with Crippen LogP contribution in [0.25, 0.3) is 28.0 Å². The van der Waals surface area contributed by atoms with E-state index in [2.05, 4.69) is 24.7 Å². The summed E-state index contributed by atoms with van der Waals surface area (Å²) in [5, 5.41) is 21.6. The van der Waals surface area contributed by atoms with Crippen molar-refractivity contribution in [1.82, 2.24) is 24.7 Å². The molecule has 8 nitrogen and oxygen atoms in total. The van der Waals surface area contributed by atoms with Crippen LogP contribution >= 0.6 is 35.0 Å². The van der Waals surface area contributed by atoms with Crippen LogP contribution in [-0.2, 0) is 9.53 Å². The standard InChI is InChI=1S/C26H25Cl2N5O3S/c1-36-25(35)22(23-29-19-9-5-6-10-20(19)30-23)21(34)14-37-26-32-31-24(17-12-11-15(27)13-18(17)28)33(26)16-7-3-2-4-8-16/h5-6,9-13,16,34H,2-4,7-8,14H2,1H3,(H,29,30). The van der Waals surface area contributed by atoms with Crippen molar-refractivity contribution in [2.24, 2.45) is 0 Å². The maximum Gasteiger partial charge on any atom is 0.345 e. The number of thioether (sulfide) groups is 1. The molecule has 2 aromatic carbocycles. The second kappa shape index (κ2) is 11.2. The van der Waals surface area contributed by atoms with Crippen molar-refractivity contribution in [2.45, 2.75) is 43.3 Å². The van der Waals surface area contributed by atoms with Crippen molar-refractivity contribution in [3.8, 4) is 11.4 Å². The van der Waals surface area contributed by atoms with Crippen LogP contribution in [0.3, 0.4) is 0 Å². The molecule has 0 saturated heterocycles. The largest absolute Gasteiger partial charge is 0.510 e. The molecule has 2 heterocycles. The smallest absolute Gasteiger partial charge is 0.345 e. The number of methoxy groups -OCH3 is 1. The fourth-order valence-corrected chi connectivity index (χ4v) is 6.00. The molecule has 11 heteroatoms. The quantitative estimate of drug-likeness (QED) is 0.110. The summed E-state index contributed by atoms with van der Waals surface area (Å²) in [6.07, 6.45) is 5.42. The highest BCUT2D eigenvalue weighted by atomic mass is 35.5. The molecule has 0 aliphatic heterocycles. The van der Waals surface area contributed by atoms with Crippen LogP contribution in [0.1, 0.15) is 44.0 Å². The number of benzene rings is 2. The van der Waals surface area contributed by atoms with Gasteiger partial charge in [0, 0.05) is 16.6 Å². The lowest BCUT2D eigenvalue weighted by Gasteiger charge is -2.25. The summed E-state index contributed by atoms with van der Waals surface area (Å²) in [5.41, 5.74) is 2.16. The fourth-order valence-electron chi connectivity index (χ4n) is 4.63. The molecule has 4 aromatic rings. The highest BCUT2D eigenvalue weighted by Gasteiger charge is 2.27. The highest BCUT2D eigenvalue weighted by Crippen LogP contribution is 2.38. The molecule has 5 rings (SSSR count). The van der Waals surface area contributed by atoms with Gasteiger partial charge in [-0.05, 0) is 43.2 Å². The van der Waals surface area contributed by atoms with Gasteiger partial charge in [-0.2, -0.15) is 0 Å². The van der Waals surface area contributed by atoms with Gasteiger partial charge < -0.3 is 14.8 Å². The maximum atomic E-state index is 12.6. The van der Waals surface area contributed by atoms with E-state index < -0.39 is 5.97 Å². The Bertz CT molecular complexity index is 1440. The van der Waals surface area contributed by atoms with E-state index in [1.807, 2.05) is 30.3 Å². The van der Waals surface area contributed by atoms with Gasteiger partial charge in [0.15, 0.2) is 11.0 Å². The van der Waals surface area contributed by atoms with Crippen LogP contribution in [0, 0.1) is 0 Å². The third-order valence-electron chi connectivity index (χ3n) is 6.42. The number of esters is 1. The molecule has 0 unspecified atom stereocenters. The van der Waals surface area contributed by atoms with E-state index >= 15 is 0 Å². The Morgan fingerprint density at radius 3 is 2.68 bits per heavy atom. The van der Waals surface area contributed by atoms with E-state index in [0.29, 0.717) is 26.5 Å². The number of hydrogen-bond donors (Lipinski definition) is 2. The van der Waals surface area contributed by atoms with E-state index in [-0.39, 0.29) is 29.0 Å². The third kappa shape index (κ3) is 5.35. The number of para-hydroxylation sites is 2. The molecule has 0 atom stereocenters. The zero-order valence-electron chi connectivity index (χ0n) is 20.1. The van der Waals surface area contributed by atoms with Gasteiger partial charge in [-0.1, -0.05) is 66.4 Å². The van der Waals surface area contributed by atoms with Gasteiger partial charge in [-0.15, -0.1) is 10.2 Å². The minimum atomic E-state index is -0.681. The van der Waals surface area contributed by atoms with Crippen molar-refractivity contribution in [1.29, 1.82) is 0 Å². The summed E-state index contributed by atoms with van der Waals surface area (Å²) in [4.78, 5) is 20.2. The van der Waals surface area contributed by atoms with Crippen LogP contribution in [0.4, 0.5) is 0 Å². The predicted octanol–water partition coefficient (Wildman–Crippen LogP) is 6.87. The molecule has 2 aromatic heterocycles. The number of rotatable bonds is 7. The van der Waals surface area contributed by atoms with Crippen LogP contribution < -0.4 is 0 Å². The number of aliphatic hydroxyl groups excluding tert-OH is 1. The van der Waals surface area contributed by atoms with Gasteiger partial charge >= 0.3 is 5.97 Å². The van der Waals surface area contributed by atoms with Gasteiger partial charge in [0.05, 0.1) is 28.9 Å². The number of aromatic amines is 1. The number of carbonyl (C=O) groups is 1. The first kappa shape index (κ1) is 25.6. The number of halogens is 2. The molecule has 1 aliphatic carbocycles. The minimum absolute atomic E-state index is 0.0177. The van der Waals surface area contributed by atoms with E-state index in [4.69, 9.17) is 27.9 Å². The fraction of sp³-hybridized carbons (Fsp3) is 0.308. The minimum Gasteiger partial charge on any atom is -0.510 e. The zero-order valence-corrected chi connectivity index (χ0v) is 22.4. The Kier molecular flexibility index (Phi) is 7.73. The summed E-state index contributed by atoms with van der Waals surface area (Å²) in [7, 11) is 1.27. The number of aliphatic hydroxyl groups is 1. The number of nitrogens with zero attached hydrogens (tertiary/aromatic N) is 4. The molecule has 1 saturated carbocycles. The van der Waals surface area contributed by atoms with Crippen LogP contribution in [0.15, 0.2) is 53.4 Å². The lowest BCUT2D eigenvalue weighted by molar-refractivity contribution is -0.133. The maximum absolute atomic E-state index is 12.6. The molecule has 1 fully saturated rings. The number of aromatic nitrogens is 5. The molecular weight excluding hydrogens is 533 g/mol.